The van der Waals surface area contributed by atoms with Crippen molar-refractivity contribution in [3.63, 3.8) is 0 Å². The molecule has 0 atom stereocenters. The number of pyridine rings is 1. The fourth-order valence-corrected chi connectivity index (χ4v) is 1.18. The number of halogens is 1. The van der Waals surface area contributed by atoms with Crippen molar-refractivity contribution < 1.29 is 4.39 Å². The minimum Gasteiger partial charge on any atom is -0.372 e. The highest BCUT2D eigenvalue weighted by atomic mass is 19.1. The molecule has 15 heavy (non-hydrogen) atoms. The van der Waals surface area contributed by atoms with Crippen LogP contribution in [0.4, 0.5) is 10.2 Å². The molecule has 0 aliphatic carbocycles. The normalized spacial score (nSPS) is 10.0. The molecule has 5 heteroatoms. The van der Waals surface area contributed by atoms with Gasteiger partial charge >= 0.3 is 0 Å². The van der Waals surface area contributed by atoms with Crippen molar-refractivity contribution in [1.82, 2.24) is 15.0 Å². The lowest BCUT2D eigenvalue weighted by Gasteiger charge is -2.02. The summed E-state index contributed by atoms with van der Waals surface area (Å²) < 4.78 is 12.9. The maximum atomic E-state index is 12.9. The lowest BCUT2D eigenvalue weighted by atomic mass is 10.2. The standard InChI is InChI=1S/C10H9FN4/c1-12-10-6-14-5-9(15-10)7-2-8(11)4-13-3-7/h2-6H,1H3,(H,12,15). The van der Waals surface area contributed by atoms with Crippen LogP contribution in [0.15, 0.2) is 30.9 Å². The molecule has 2 aromatic heterocycles. The van der Waals surface area contributed by atoms with Crippen molar-refractivity contribution in [3.05, 3.63) is 36.7 Å². The third-order valence-electron chi connectivity index (χ3n) is 1.89. The highest BCUT2D eigenvalue weighted by molar-refractivity contribution is 5.58. The number of hydrogen-bond acceptors (Lipinski definition) is 4. The smallest absolute Gasteiger partial charge is 0.144 e. The molecule has 0 fully saturated rings. The number of anilines is 1. The summed E-state index contributed by atoms with van der Waals surface area (Å²) in [5.74, 6) is 0.251. The molecule has 2 rings (SSSR count). The van der Waals surface area contributed by atoms with Crippen LogP contribution in [0.3, 0.4) is 0 Å². The Balaban J connectivity index is 2.44. The molecule has 0 saturated heterocycles. The fourth-order valence-electron chi connectivity index (χ4n) is 1.18. The van der Waals surface area contributed by atoms with Gasteiger partial charge in [-0.05, 0) is 6.07 Å². The molecule has 4 nitrogen and oxygen atoms in total. The molecule has 0 unspecified atom stereocenters. The van der Waals surface area contributed by atoms with E-state index in [0.29, 0.717) is 17.1 Å². The second-order valence-corrected chi connectivity index (χ2v) is 2.93. The minimum atomic E-state index is -0.385. The predicted molar refractivity (Wildman–Crippen MR) is 54.8 cm³/mol. The Hall–Kier alpha value is -2.04. The maximum Gasteiger partial charge on any atom is 0.144 e. The van der Waals surface area contributed by atoms with Crippen LogP contribution in [0.25, 0.3) is 11.3 Å². The summed E-state index contributed by atoms with van der Waals surface area (Å²) in [7, 11) is 1.75. The molecule has 0 amide bonds. The molecule has 0 aliphatic rings. The zero-order valence-corrected chi connectivity index (χ0v) is 8.11. The summed E-state index contributed by atoms with van der Waals surface area (Å²) >= 11 is 0. The third kappa shape index (κ3) is 2.07. The van der Waals surface area contributed by atoms with Crippen LogP contribution in [0.1, 0.15) is 0 Å². The summed E-state index contributed by atoms with van der Waals surface area (Å²) in [6.45, 7) is 0. The van der Waals surface area contributed by atoms with Crippen molar-refractivity contribution in [2.24, 2.45) is 0 Å². The Bertz CT molecular complexity index is 472. The molecule has 0 aromatic carbocycles. The van der Waals surface area contributed by atoms with Crippen LogP contribution in [0, 0.1) is 5.82 Å². The molecule has 0 aliphatic heterocycles. The van der Waals surface area contributed by atoms with E-state index in [1.54, 1.807) is 25.6 Å². The van der Waals surface area contributed by atoms with E-state index in [2.05, 4.69) is 20.3 Å². The number of rotatable bonds is 2. The molecule has 1 N–H and O–H groups in total. The topological polar surface area (TPSA) is 50.7 Å². The SMILES string of the molecule is CNc1cncc(-c2cncc(F)c2)n1. The summed E-state index contributed by atoms with van der Waals surface area (Å²) in [4.78, 5) is 12.0. The van der Waals surface area contributed by atoms with Gasteiger partial charge in [0.25, 0.3) is 0 Å². The summed E-state index contributed by atoms with van der Waals surface area (Å²) in [5.41, 5.74) is 1.20. The van der Waals surface area contributed by atoms with E-state index in [1.807, 2.05) is 0 Å². The van der Waals surface area contributed by atoms with Gasteiger partial charge in [0.1, 0.15) is 11.6 Å². The number of hydrogen-bond donors (Lipinski definition) is 1. The lowest BCUT2D eigenvalue weighted by molar-refractivity contribution is 0.622. The summed E-state index contributed by atoms with van der Waals surface area (Å²) in [6, 6.07) is 1.37. The van der Waals surface area contributed by atoms with Crippen molar-refractivity contribution in [1.29, 1.82) is 0 Å². The summed E-state index contributed by atoms with van der Waals surface area (Å²) in [5, 5.41) is 2.86. The Morgan fingerprint density at radius 2 is 1.93 bits per heavy atom. The van der Waals surface area contributed by atoms with Gasteiger partial charge in [-0.25, -0.2) is 9.37 Å². The first-order valence-electron chi connectivity index (χ1n) is 4.40. The third-order valence-corrected chi connectivity index (χ3v) is 1.89. The molecule has 0 spiro atoms. The van der Waals surface area contributed by atoms with Gasteiger partial charge in [0, 0.05) is 18.8 Å². The first-order chi connectivity index (χ1) is 7.29. The van der Waals surface area contributed by atoms with Gasteiger partial charge in [0.2, 0.25) is 0 Å². The second kappa shape index (κ2) is 4.00. The van der Waals surface area contributed by atoms with Crippen LogP contribution in [-0.2, 0) is 0 Å². The molecular formula is C10H9FN4. The van der Waals surface area contributed by atoms with Gasteiger partial charge in [-0.3, -0.25) is 9.97 Å². The Kier molecular flexibility index (Phi) is 2.53. The van der Waals surface area contributed by atoms with Gasteiger partial charge in [-0.1, -0.05) is 0 Å². The molecule has 76 valence electrons. The average molecular weight is 204 g/mol. The Morgan fingerprint density at radius 3 is 2.67 bits per heavy atom. The zero-order chi connectivity index (χ0) is 10.7. The van der Waals surface area contributed by atoms with Crippen molar-refractivity contribution in [2.75, 3.05) is 12.4 Å². The quantitative estimate of drug-likeness (QED) is 0.809. The van der Waals surface area contributed by atoms with E-state index in [1.165, 1.54) is 6.07 Å². The average Bonchev–Trinajstić information content (AvgIpc) is 2.29. The molecule has 0 saturated carbocycles. The zero-order valence-electron chi connectivity index (χ0n) is 8.11. The molecular weight excluding hydrogens is 195 g/mol. The van der Waals surface area contributed by atoms with E-state index in [-0.39, 0.29) is 5.82 Å². The van der Waals surface area contributed by atoms with E-state index >= 15 is 0 Å². The van der Waals surface area contributed by atoms with Crippen LogP contribution in [0.5, 0.6) is 0 Å². The molecule has 0 bridgehead atoms. The minimum absolute atomic E-state index is 0.385. The van der Waals surface area contributed by atoms with Crippen LogP contribution < -0.4 is 5.32 Å². The van der Waals surface area contributed by atoms with Gasteiger partial charge in [0.05, 0.1) is 24.3 Å². The van der Waals surface area contributed by atoms with Gasteiger partial charge in [0.15, 0.2) is 0 Å². The van der Waals surface area contributed by atoms with Crippen LogP contribution >= 0.6 is 0 Å². The maximum absolute atomic E-state index is 12.9. The second-order valence-electron chi connectivity index (χ2n) is 2.93. The van der Waals surface area contributed by atoms with Crippen molar-refractivity contribution in [2.45, 2.75) is 0 Å². The number of aromatic nitrogens is 3. The van der Waals surface area contributed by atoms with Gasteiger partial charge in [-0.15, -0.1) is 0 Å². The van der Waals surface area contributed by atoms with Gasteiger partial charge < -0.3 is 5.32 Å². The van der Waals surface area contributed by atoms with E-state index in [9.17, 15) is 4.39 Å². The highest BCUT2D eigenvalue weighted by Crippen LogP contribution is 2.16. The van der Waals surface area contributed by atoms with E-state index < -0.39 is 0 Å². The monoisotopic (exact) mass is 204 g/mol. The van der Waals surface area contributed by atoms with Crippen LogP contribution in [0.2, 0.25) is 0 Å². The number of nitrogens with zero attached hydrogens (tertiary/aromatic N) is 3. The Labute approximate surface area is 86.2 Å². The van der Waals surface area contributed by atoms with E-state index in [0.717, 1.165) is 6.20 Å². The fraction of sp³-hybridized carbons (Fsp3) is 0.100. The van der Waals surface area contributed by atoms with E-state index in [4.69, 9.17) is 0 Å². The summed E-state index contributed by atoms with van der Waals surface area (Å²) in [6.07, 6.45) is 5.86. The molecule has 2 heterocycles. The highest BCUT2D eigenvalue weighted by Gasteiger charge is 2.02. The molecule has 2 aromatic rings. The lowest BCUT2D eigenvalue weighted by Crippen LogP contribution is -1.95. The predicted octanol–water partition coefficient (Wildman–Crippen LogP) is 1.72. The number of nitrogens with one attached hydrogen (secondary N) is 1. The largest absolute Gasteiger partial charge is 0.372 e. The first kappa shape index (κ1) is 9.51. The van der Waals surface area contributed by atoms with Crippen molar-refractivity contribution >= 4 is 5.82 Å². The molecule has 0 radical (unpaired) electrons. The van der Waals surface area contributed by atoms with Crippen LogP contribution in [-0.4, -0.2) is 22.0 Å². The first-order valence-corrected chi connectivity index (χ1v) is 4.40. The van der Waals surface area contributed by atoms with Gasteiger partial charge in [-0.2, -0.15) is 0 Å². The van der Waals surface area contributed by atoms with Crippen molar-refractivity contribution in [3.8, 4) is 11.3 Å². The Morgan fingerprint density at radius 1 is 1.13 bits per heavy atom.